The standard InChI is InChI=1S/C18H22BrN3O2S/c19-16-6-8-18(9-7-16)25(23,24)20-10-11-21-12-14-22(15-13-21)17-4-2-1-3-5-17/h1-9,20H,10-15H2. The maximum atomic E-state index is 12.3. The van der Waals surface area contributed by atoms with E-state index in [9.17, 15) is 8.42 Å². The zero-order valence-electron chi connectivity index (χ0n) is 13.9. The number of rotatable bonds is 6. The second-order valence-electron chi connectivity index (χ2n) is 6.02. The van der Waals surface area contributed by atoms with E-state index in [4.69, 9.17) is 0 Å². The molecule has 0 amide bonds. The normalized spacial score (nSPS) is 16.1. The van der Waals surface area contributed by atoms with Crippen molar-refractivity contribution >= 4 is 31.6 Å². The average Bonchev–Trinajstić information content (AvgIpc) is 2.63. The molecule has 0 bridgehead atoms. The Balaban J connectivity index is 1.45. The van der Waals surface area contributed by atoms with Crippen LogP contribution in [-0.4, -0.2) is 52.6 Å². The van der Waals surface area contributed by atoms with Gasteiger partial charge in [-0.1, -0.05) is 34.1 Å². The van der Waals surface area contributed by atoms with Crippen LogP contribution < -0.4 is 9.62 Å². The quantitative estimate of drug-likeness (QED) is 0.775. The van der Waals surface area contributed by atoms with E-state index >= 15 is 0 Å². The van der Waals surface area contributed by atoms with Crippen LogP contribution in [0.3, 0.4) is 0 Å². The summed E-state index contributed by atoms with van der Waals surface area (Å²) in [5, 5.41) is 0. The third kappa shape index (κ3) is 5.04. The molecule has 0 unspecified atom stereocenters. The lowest BCUT2D eigenvalue weighted by atomic mass is 10.2. The summed E-state index contributed by atoms with van der Waals surface area (Å²) >= 11 is 3.31. The number of benzene rings is 2. The van der Waals surface area contributed by atoms with Crippen molar-refractivity contribution in [3.8, 4) is 0 Å². The number of halogens is 1. The molecule has 2 aromatic carbocycles. The molecule has 0 aromatic heterocycles. The molecule has 25 heavy (non-hydrogen) atoms. The molecule has 5 nitrogen and oxygen atoms in total. The lowest BCUT2D eigenvalue weighted by Gasteiger charge is -2.36. The topological polar surface area (TPSA) is 52.7 Å². The molecule has 1 aliphatic rings. The molecule has 3 rings (SSSR count). The maximum absolute atomic E-state index is 12.3. The van der Waals surface area contributed by atoms with Crippen LogP contribution in [0.25, 0.3) is 0 Å². The predicted molar refractivity (Wildman–Crippen MR) is 104 cm³/mol. The highest BCUT2D eigenvalue weighted by atomic mass is 79.9. The summed E-state index contributed by atoms with van der Waals surface area (Å²) in [4.78, 5) is 4.95. The first-order valence-electron chi connectivity index (χ1n) is 8.32. The minimum atomic E-state index is -3.44. The fourth-order valence-electron chi connectivity index (χ4n) is 2.90. The van der Waals surface area contributed by atoms with E-state index in [2.05, 4.69) is 54.7 Å². The molecule has 0 atom stereocenters. The summed E-state index contributed by atoms with van der Waals surface area (Å²) in [6.07, 6.45) is 0. The van der Waals surface area contributed by atoms with Crippen LogP contribution in [0.2, 0.25) is 0 Å². The van der Waals surface area contributed by atoms with E-state index in [0.717, 1.165) is 37.2 Å². The van der Waals surface area contributed by atoms with Crippen molar-refractivity contribution in [2.45, 2.75) is 4.90 Å². The minimum Gasteiger partial charge on any atom is -0.369 e. The van der Waals surface area contributed by atoms with Gasteiger partial charge in [-0.15, -0.1) is 0 Å². The van der Waals surface area contributed by atoms with Gasteiger partial charge in [0.2, 0.25) is 10.0 Å². The van der Waals surface area contributed by atoms with Crippen LogP contribution in [-0.2, 0) is 10.0 Å². The lowest BCUT2D eigenvalue weighted by molar-refractivity contribution is 0.262. The molecule has 1 N–H and O–H groups in total. The van der Waals surface area contributed by atoms with E-state index in [1.165, 1.54) is 5.69 Å². The highest BCUT2D eigenvalue weighted by Crippen LogP contribution is 2.16. The van der Waals surface area contributed by atoms with Crippen LogP contribution in [0.1, 0.15) is 0 Å². The van der Waals surface area contributed by atoms with E-state index in [-0.39, 0.29) is 0 Å². The van der Waals surface area contributed by atoms with Crippen LogP contribution in [0, 0.1) is 0 Å². The smallest absolute Gasteiger partial charge is 0.240 e. The zero-order chi connectivity index (χ0) is 17.7. The third-order valence-electron chi connectivity index (χ3n) is 4.34. The van der Waals surface area contributed by atoms with Crippen molar-refractivity contribution in [1.82, 2.24) is 9.62 Å². The van der Waals surface area contributed by atoms with Gasteiger partial charge < -0.3 is 4.90 Å². The fraction of sp³-hybridized carbons (Fsp3) is 0.333. The molecule has 0 saturated carbocycles. The lowest BCUT2D eigenvalue weighted by Crippen LogP contribution is -2.48. The Morgan fingerprint density at radius 1 is 0.920 bits per heavy atom. The summed E-state index contributed by atoms with van der Waals surface area (Å²) in [5.74, 6) is 0. The molecule has 1 fully saturated rings. The molecule has 0 spiro atoms. The van der Waals surface area contributed by atoms with Crippen molar-refractivity contribution in [3.63, 3.8) is 0 Å². The summed E-state index contributed by atoms with van der Waals surface area (Å²) in [5.41, 5.74) is 1.25. The van der Waals surface area contributed by atoms with Crippen LogP contribution in [0.5, 0.6) is 0 Å². The van der Waals surface area contributed by atoms with Gasteiger partial charge in [0, 0.05) is 49.4 Å². The van der Waals surface area contributed by atoms with Gasteiger partial charge in [-0.3, -0.25) is 4.90 Å². The van der Waals surface area contributed by atoms with Gasteiger partial charge >= 0.3 is 0 Å². The van der Waals surface area contributed by atoms with E-state index in [1.54, 1.807) is 24.3 Å². The summed E-state index contributed by atoms with van der Waals surface area (Å²) in [6.45, 7) is 4.94. The molecule has 1 aliphatic heterocycles. The van der Waals surface area contributed by atoms with Crippen molar-refractivity contribution in [2.24, 2.45) is 0 Å². The van der Waals surface area contributed by atoms with Crippen molar-refractivity contribution in [2.75, 3.05) is 44.2 Å². The minimum absolute atomic E-state index is 0.296. The van der Waals surface area contributed by atoms with Gasteiger partial charge in [-0.2, -0.15) is 0 Å². The number of hydrogen-bond donors (Lipinski definition) is 1. The van der Waals surface area contributed by atoms with Gasteiger partial charge in [0.25, 0.3) is 0 Å². The molecule has 1 heterocycles. The first kappa shape index (κ1) is 18.4. The highest BCUT2D eigenvalue weighted by molar-refractivity contribution is 9.10. The van der Waals surface area contributed by atoms with E-state index < -0.39 is 10.0 Å². The van der Waals surface area contributed by atoms with Gasteiger partial charge in [0.15, 0.2) is 0 Å². The van der Waals surface area contributed by atoms with E-state index in [0.29, 0.717) is 11.4 Å². The first-order chi connectivity index (χ1) is 12.0. The number of hydrogen-bond acceptors (Lipinski definition) is 4. The number of nitrogens with zero attached hydrogens (tertiary/aromatic N) is 2. The Hall–Kier alpha value is -1.41. The van der Waals surface area contributed by atoms with Crippen molar-refractivity contribution in [3.05, 3.63) is 59.1 Å². The molecular formula is C18H22BrN3O2S. The maximum Gasteiger partial charge on any atom is 0.240 e. The van der Waals surface area contributed by atoms with Gasteiger partial charge in [0.05, 0.1) is 4.90 Å². The largest absolute Gasteiger partial charge is 0.369 e. The molecule has 7 heteroatoms. The first-order valence-corrected chi connectivity index (χ1v) is 10.6. The fourth-order valence-corrected chi connectivity index (χ4v) is 4.19. The van der Waals surface area contributed by atoms with Crippen LogP contribution in [0.4, 0.5) is 5.69 Å². The second-order valence-corrected chi connectivity index (χ2v) is 8.70. The average molecular weight is 424 g/mol. The molecule has 134 valence electrons. The number of sulfonamides is 1. The van der Waals surface area contributed by atoms with Crippen molar-refractivity contribution < 1.29 is 8.42 Å². The Labute approximate surface area is 157 Å². The Bertz CT molecular complexity index is 774. The molecular weight excluding hydrogens is 402 g/mol. The summed E-state index contributed by atoms with van der Waals surface area (Å²) in [6, 6.07) is 17.1. The van der Waals surface area contributed by atoms with Crippen LogP contribution in [0.15, 0.2) is 64.0 Å². The summed E-state index contributed by atoms with van der Waals surface area (Å²) in [7, 11) is -3.44. The second kappa shape index (κ2) is 8.31. The molecule has 0 aliphatic carbocycles. The SMILES string of the molecule is O=S(=O)(NCCN1CCN(c2ccccc2)CC1)c1ccc(Br)cc1. The van der Waals surface area contributed by atoms with Crippen LogP contribution >= 0.6 is 15.9 Å². The van der Waals surface area contributed by atoms with E-state index in [1.807, 2.05) is 6.07 Å². The number of anilines is 1. The molecule has 0 radical (unpaired) electrons. The van der Waals surface area contributed by atoms with Gasteiger partial charge in [0.1, 0.15) is 0 Å². The van der Waals surface area contributed by atoms with Gasteiger partial charge in [-0.25, -0.2) is 13.1 Å². The predicted octanol–water partition coefficient (Wildman–Crippen LogP) is 2.55. The summed E-state index contributed by atoms with van der Waals surface area (Å²) < 4.78 is 28.1. The third-order valence-corrected chi connectivity index (χ3v) is 6.34. The zero-order valence-corrected chi connectivity index (χ0v) is 16.3. The monoisotopic (exact) mass is 423 g/mol. The Morgan fingerprint density at radius 2 is 1.56 bits per heavy atom. The number of nitrogens with one attached hydrogen (secondary N) is 1. The molecule has 1 saturated heterocycles. The van der Waals surface area contributed by atoms with Gasteiger partial charge in [-0.05, 0) is 36.4 Å². The Morgan fingerprint density at radius 3 is 2.20 bits per heavy atom. The number of para-hydroxylation sites is 1. The number of piperazine rings is 1. The Kier molecular flexibility index (Phi) is 6.11. The highest BCUT2D eigenvalue weighted by Gasteiger charge is 2.18. The molecule has 2 aromatic rings. The van der Waals surface area contributed by atoms with Crippen molar-refractivity contribution in [1.29, 1.82) is 0 Å².